The van der Waals surface area contributed by atoms with Gasteiger partial charge in [-0.25, -0.2) is 4.99 Å². The van der Waals surface area contributed by atoms with E-state index in [-0.39, 0.29) is 23.6 Å². The average molecular weight is 541 g/mol. The monoisotopic (exact) mass is 540 g/mol. The van der Waals surface area contributed by atoms with Gasteiger partial charge in [0.25, 0.3) is 5.91 Å². The molecular formula is C25H25ClF4N4O3. The number of rotatable bonds is 10. The van der Waals surface area contributed by atoms with E-state index in [0.717, 1.165) is 0 Å². The Hall–Kier alpha value is -3.47. The Kier molecular flexibility index (Phi) is 9.25. The maximum atomic E-state index is 13.2. The van der Waals surface area contributed by atoms with Gasteiger partial charge in [-0.2, -0.15) is 13.2 Å². The van der Waals surface area contributed by atoms with Crippen LogP contribution < -0.4 is 16.4 Å². The smallest absolute Gasteiger partial charge is 0.369 e. The van der Waals surface area contributed by atoms with Crippen LogP contribution in [0.15, 0.2) is 53.5 Å². The molecule has 0 radical (unpaired) electrons. The molecule has 2 aromatic rings. The number of para-hydroxylation sites is 1. The third kappa shape index (κ3) is 7.28. The first-order valence-corrected chi connectivity index (χ1v) is 11.8. The molecule has 2 aromatic carbocycles. The Morgan fingerprint density at radius 2 is 1.78 bits per heavy atom. The quantitative estimate of drug-likeness (QED) is 0.389. The molecule has 3 rings (SSSR count). The highest BCUT2D eigenvalue weighted by Crippen LogP contribution is 2.32. The first kappa shape index (κ1) is 28.1. The first-order chi connectivity index (χ1) is 17.5. The normalized spacial score (nSPS) is 17.1. The molecule has 3 atom stereocenters. The minimum Gasteiger partial charge on any atom is -0.369 e. The van der Waals surface area contributed by atoms with Crippen LogP contribution in [0.25, 0.3) is 0 Å². The van der Waals surface area contributed by atoms with Crippen LogP contribution in [0.5, 0.6) is 0 Å². The molecule has 0 saturated heterocycles. The van der Waals surface area contributed by atoms with E-state index < -0.39 is 61.4 Å². The minimum absolute atomic E-state index is 0.169. The number of hydrogen-bond acceptors (Lipinski definition) is 4. The molecule has 12 heteroatoms. The molecular weight excluding hydrogens is 516 g/mol. The van der Waals surface area contributed by atoms with Crippen molar-refractivity contribution in [3.8, 4) is 0 Å². The number of benzodiazepines with no additional fused rings is 1. The van der Waals surface area contributed by atoms with Gasteiger partial charge in [-0.05, 0) is 25.3 Å². The second-order valence-corrected chi connectivity index (χ2v) is 8.91. The van der Waals surface area contributed by atoms with Crippen LogP contribution >= 0.6 is 11.6 Å². The number of carbonyl (C=O) groups is 3. The van der Waals surface area contributed by atoms with Crippen LogP contribution in [0.1, 0.15) is 36.8 Å². The van der Waals surface area contributed by atoms with E-state index in [2.05, 4.69) is 15.6 Å². The zero-order valence-corrected chi connectivity index (χ0v) is 20.3. The van der Waals surface area contributed by atoms with Crippen molar-refractivity contribution in [2.24, 2.45) is 22.6 Å². The predicted octanol–water partition coefficient (Wildman–Crippen LogP) is 4.38. The highest BCUT2D eigenvalue weighted by atomic mass is 35.5. The van der Waals surface area contributed by atoms with Crippen LogP contribution in [0.2, 0.25) is 5.02 Å². The van der Waals surface area contributed by atoms with E-state index in [9.17, 15) is 31.9 Å². The largest absolute Gasteiger partial charge is 0.389 e. The standard InChI is InChI=1S/C25H25ClF4N4O3/c26-18-10-4-8-17-19(14-6-2-1-3-7-14)32-22(24(37)33-20(17)18)34-23(36)16(11-12-25(28,29)30)15(21(31)35)9-5-13-27/h1-4,6-8,10,15-16,22H,5,9,11-13H2,(H2,31,35)(H,33,37)(H,34,36)/t15-,16+,22+/m0/s1. The van der Waals surface area contributed by atoms with Crippen molar-refractivity contribution in [3.05, 3.63) is 64.7 Å². The number of anilines is 1. The number of nitrogens with zero attached hydrogens (tertiary/aromatic N) is 1. The van der Waals surface area contributed by atoms with Gasteiger partial charge in [-0.3, -0.25) is 18.8 Å². The van der Waals surface area contributed by atoms with Crippen molar-refractivity contribution in [2.75, 3.05) is 12.0 Å². The Morgan fingerprint density at radius 1 is 1.08 bits per heavy atom. The van der Waals surface area contributed by atoms with Crippen LogP contribution in [-0.2, 0) is 14.4 Å². The number of nitrogens with two attached hydrogens (primary N) is 1. The van der Waals surface area contributed by atoms with Gasteiger partial charge in [0, 0.05) is 29.4 Å². The summed E-state index contributed by atoms with van der Waals surface area (Å²) in [6.45, 7) is -0.841. The van der Waals surface area contributed by atoms with Crippen molar-refractivity contribution in [3.63, 3.8) is 0 Å². The molecule has 3 amide bonds. The lowest BCUT2D eigenvalue weighted by Crippen LogP contribution is -2.48. The number of benzene rings is 2. The molecule has 4 N–H and O–H groups in total. The molecule has 0 saturated carbocycles. The highest BCUT2D eigenvalue weighted by molar-refractivity contribution is 6.36. The van der Waals surface area contributed by atoms with Gasteiger partial charge >= 0.3 is 6.18 Å². The van der Waals surface area contributed by atoms with Gasteiger partial charge in [0.15, 0.2) is 0 Å². The summed E-state index contributed by atoms with van der Waals surface area (Å²) in [5.74, 6) is -5.77. The fraction of sp³-hybridized carbons (Fsp3) is 0.360. The van der Waals surface area contributed by atoms with Gasteiger partial charge in [0.05, 0.1) is 23.1 Å². The van der Waals surface area contributed by atoms with E-state index in [1.807, 2.05) is 0 Å². The second-order valence-electron chi connectivity index (χ2n) is 8.51. The third-order valence-corrected chi connectivity index (χ3v) is 6.24. The third-order valence-electron chi connectivity index (χ3n) is 5.93. The van der Waals surface area contributed by atoms with E-state index >= 15 is 0 Å². The van der Waals surface area contributed by atoms with Crippen LogP contribution in [0.3, 0.4) is 0 Å². The Labute approximate surface area is 215 Å². The van der Waals surface area contributed by atoms with Crippen molar-refractivity contribution in [2.45, 2.75) is 38.0 Å². The zero-order valence-electron chi connectivity index (χ0n) is 19.5. The Morgan fingerprint density at radius 3 is 2.41 bits per heavy atom. The van der Waals surface area contributed by atoms with Gasteiger partial charge in [-0.15, -0.1) is 0 Å². The molecule has 0 aliphatic carbocycles. The summed E-state index contributed by atoms with van der Waals surface area (Å²) in [5, 5.41) is 5.18. The summed E-state index contributed by atoms with van der Waals surface area (Å²) in [7, 11) is 0. The molecule has 1 heterocycles. The maximum Gasteiger partial charge on any atom is 0.389 e. The first-order valence-electron chi connectivity index (χ1n) is 11.5. The lowest BCUT2D eigenvalue weighted by molar-refractivity contribution is -0.146. The number of hydrogen-bond donors (Lipinski definition) is 3. The number of primary amides is 1. The molecule has 0 unspecified atom stereocenters. The van der Waals surface area contributed by atoms with Crippen LogP contribution in [0.4, 0.5) is 23.2 Å². The molecule has 0 fully saturated rings. The van der Waals surface area contributed by atoms with Crippen molar-refractivity contribution in [1.29, 1.82) is 0 Å². The van der Waals surface area contributed by atoms with Crippen molar-refractivity contribution in [1.82, 2.24) is 5.32 Å². The summed E-state index contributed by atoms with van der Waals surface area (Å²) >= 11 is 6.30. The number of nitrogens with one attached hydrogen (secondary N) is 2. The summed E-state index contributed by atoms with van der Waals surface area (Å²) in [6, 6.07) is 13.6. The summed E-state index contributed by atoms with van der Waals surface area (Å²) < 4.78 is 51.8. The predicted molar refractivity (Wildman–Crippen MR) is 131 cm³/mol. The van der Waals surface area contributed by atoms with Gasteiger partial charge in [0.2, 0.25) is 18.0 Å². The molecule has 1 aliphatic heterocycles. The molecule has 1 aliphatic rings. The SMILES string of the molecule is NC(=O)[C@@H](CCCF)[C@@H](CCC(F)(F)F)C(=O)N[C@H]1N=C(c2ccccc2)c2cccc(Cl)c2NC1=O. The molecule has 7 nitrogen and oxygen atoms in total. The minimum atomic E-state index is -4.61. The number of alkyl halides is 4. The van der Waals surface area contributed by atoms with Crippen LogP contribution in [-0.4, -0.2) is 42.4 Å². The lowest BCUT2D eigenvalue weighted by Gasteiger charge is -2.25. The molecule has 0 spiro atoms. The van der Waals surface area contributed by atoms with Crippen molar-refractivity contribution >= 4 is 40.7 Å². The molecule has 198 valence electrons. The zero-order chi connectivity index (χ0) is 27.2. The van der Waals surface area contributed by atoms with Crippen molar-refractivity contribution < 1.29 is 31.9 Å². The molecule has 37 heavy (non-hydrogen) atoms. The van der Waals surface area contributed by atoms with Crippen LogP contribution in [0, 0.1) is 11.8 Å². The van der Waals surface area contributed by atoms with E-state index in [0.29, 0.717) is 16.8 Å². The number of halogens is 5. The highest BCUT2D eigenvalue weighted by Gasteiger charge is 2.38. The van der Waals surface area contributed by atoms with Gasteiger partial charge < -0.3 is 16.4 Å². The summed E-state index contributed by atoms with van der Waals surface area (Å²) in [5.41, 5.74) is 6.98. The molecule has 0 bridgehead atoms. The van der Waals surface area contributed by atoms with E-state index in [4.69, 9.17) is 17.3 Å². The fourth-order valence-corrected chi connectivity index (χ4v) is 4.36. The Bertz CT molecular complexity index is 1170. The maximum absolute atomic E-state index is 13.2. The second kappa shape index (κ2) is 12.2. The number of aliphatic imine (C=N–C) groups is 1. The molecule has 0 aromatic heterocycles. The van der Waals surface area contributed by atoms with Gasteiger partial charge in [0.1, 0.15) is 0 Å². The summed E-state index contributed by atoms with van der Waals surface area (Å²) in [4.78, 5) is 42.7. The van der Waals surface area contributed by atoms with Gasteiger partial charge in [-0.1, -0.05) is 54.1 Å². The van der Waals surface area contributed by atoms with E-state index in [1.54, 1.807) is 48.5 Å². The fourth-order valence-electron chi connectivity index (χ4n) is 4.14. The number of fused-ring (bicyclic) bond motifs is 1. The lowest BCUT2D eigenvalue weighted by atomic mass is 9.83. The number of amides is 3. The Balaban J connectivity index is 1.99. The average Bonchev–Trinajstić information content (AvgIpc) is 2.98. The number of carbonyl (C=O) groups excluding carboxylic acids is 3. The summed E-state index contributed by atoms with van der Waals surface area (Å²) in [6.07, 6.45) is -8.71. The topological polar surface area (TPSA) is 114 Å². The van der Waals surface area contributed by atoms with E-state index in [1.165, 1.54) is 0 Å².